The number of alkyl halides is 1. The van der Waals surface area contributed by atoms with Gasteiger partial charge >= 0.3 is 0 Å². The summed E-state index contributed by atoms with van der Waals surface area (Å²) in [6.45, 7) is 1.15. The number of halogens is 2. The highest BCUT2D eigenvalue weighted by Crippen LogP contribution is 2.12. The van der Waals surface area contributed by atoms with Crippen molar-refractivity contribution in [2.45, 2.75) is 5.38 Å². The molecule has 0 bridgehead atoms. The molecule has 1 N–H and O–H groups in total. The van der Waals surface area contributed by atoms with Crippen molar-refractivity contribution in [1.82, 2.24) is 9.97 Å². The Morgan fingerprint density at radius 3 is 3.14 bits per heavy atom. The van der Waals surface area contributed by atoms with E-state index in [1.807, 2.05) is 0 Å². The number of nitrogens with zero attached hydrogens (tertiary/aromatic N) is 2. The lowest BCUT2D eigenvalue weighted by atomic mass is 10.4. The van der Waals surface area contributed by atoms with Crippen LogP contribution in [0.1, 0.15) is 0 Å². The number of hydrogen-bond donors (Lipinski definition) is 1. The SMILES string of the molecule is COCC(Cl)CNc1ncncc1I. The van der Waals surface area contributed by atoms with E-state index in [1.165, 1.54) is 6.33 Å². The topological polar surface area (TPSA) is 47.0 Å². The Kier molecular flexibility index (Phi) is 5.42. The summed E-state index contributed by atoms with van der Waals surface area (Å²) in [6.07, 6.45) is 3.25. The number of ether oxygens (including phenoxy) is 1. The standard InChI is InChI=1S/C8H11ClIN3O/c1-14-4-6(9)2-12-8-7(10)3-11-5-13-8/h3,5-6H,2,4H2,1H3,(H,11,12,13). The summed E-state index contributed by atoms with van der Waals surface area (Å²) in [5.41, 5.74) is 0. The predicted molar refractivity (Wildman–Crippen MR) is 64.8 cm³/mol. The summed E-state index contributed by atoms with van der Waals surface area (Å²) < 4.78 is 5.89. The van der Waals surface area contributed by atoms with Gasteiger partial charge < -0.3 is 10.1 Å². The molecule has 1 unspecified atom stereocenters. The molecule has 4 nitrogen and oxygen atoms in total. The monoisotopic (exact) mass is 327 g/mol. The van der Waals surface area contributed by atoms with Crippen molar-refractivity contribution in [3.8, 4) is 0 Å². The third-order valence-electron chi connectivity index (χ3n) is 1.51. The van der Waals surface area contributed by atoms with Crippen molar-refractivity contribution >= 4 is 40.0 Å². The van der Waals surface area contributed by atoms with E-state index >= 15 is 0 Å². The number of methoxy groups -OCH3 is 1. The second kappa shape index (κ2) is 6.36. The molecule has 1 aromatic heterocycles. The van der Waals surface area contributed by atoms with Gasteiger partial charge in [0.25, 0.3) is 0 Å². The number of aromatic nitrogens is 2. The van der Waals surface area contributed by atoms with Gasteiger partial charge in [-0.1, -0.05) is 0 Å². The van der Waals surface area contributed by atoms with Crippen LogP contribution in [-0.4, -0.2) is 35.6 Å². The first-order chi connectivity index (χ1) is 6.74. The van der Waals surface area contributed by atoms with E-state index in [9.17, 15) is 0 Å². The molecule has 14 heavy (non-hydrogen) atoms. The summed E-state index contributed by atoms with van der Waals surface area (Å²) in [5.74, 6) is 0.808. The third-order valence-corrected chi connectivity index (χ3v) is 2.58. The maximum absolute atomic E-state index is 5.95. The molecule has 0 radical (unpaired) electrons. The molecule has 1 aromatic rings. The lowest BCUT2D eigenvalue weighted by Crippen LogP contribution is -2.20. The number of hydrogen-bond acceptors (Lipinski definition) is 4. The fraction of sp³-hybridized carbons (Fsp3) is 0.500. The lowest BCUT2D eigenvalue weighted by Gasteiger charge is -2.10. The first-order valence-corrected chi connectivity index (χ1v) is 5.58. The quantitative estimate of drug-likeness (QED) is 0.661. The molecule has 6 heteroatoms. The Morgan fingerprint density at radius 2 is 2.50 bits per heavy atom. The minimum absolute atomic E-state index is 0.0502. The molecule has 0 saturated carbocycles. The summed E-state index contributed by atoms with van der Waals surface area (Å²) in [6, 6.07) is 0. The molecule has 0 aliphatic heterocycles. The molecule has 1 rings (SSSR count). The Morgan fingerprint density at radius 1 is 1.71 bits per heavy atom. The van der Waals surface area contributed by atoms with E-state index in [4.69, 9.17) is 16.3 Å². The van der Waals surface area contributed by atoms with Gasteiger partial charge in [0, 0.05) is 19.9 Å². The predicted octanol–water partition coefficient (Wildman–Crippen LogP) is 1.75. The van der Waals surface area contributed by atoms with Gasteiger partial charge in [0.15, 0.2) is 0 Å². The fourth-order valence-electron chi connectivity index (χ4n) is 0.890. The fourth-order valence-corrected chi connectivity index (χ4v) is 1.58. The van der Waals surface area contributed by atoms with Gasteiger partial charge in [-0.2, -0.15) is 0 Å². The van der Waals surface area contributed by atoms with Crippen LogP contribution in [0.25, 0.3) is 0 Å². The highest BCUT2D eigenvalue weighted by Gasteiger charge is 2.05. The highest BCUT2D eigenvalue weighted by molar-refractivity contribution is 14.1. The normalized spacial score (nSPS) is 12.5. The van der Waals surface area contributed by atoms with Gasteiger partial charge in [-0.3, -0.25) is 0 Å². The van der Waals surface area contributed by atoms with E-state index in [1.54, 1.807) is 13.3 Å². The lowest BCUT2D eigenvalue weighted by molar-refractivity contribution is 0.200. The largest absolute Gasteiger partial charge is 0.383 e. The molecule has 1 heterocycles. The Bertz CT molecular complexity index is 287. The first-order valence-electron chi connectivity index (χ1n) is 4.06. The van der Waals surface area contributed by atoms with Crippen molar-refractivity contribution in [3.63, 3.8) is 0 Å². The molecule has 0 aliphatic rings. The molecule has 0 aliphatic carbocycles. The van der Waals surface area contributed by atoms with Gasteiger partial charge in [0.05, 0.1) is 15.6 Å². The minimum atomic E-state index is -0.0502. The molecule has 0 amide bonds. The van der Waals surface area contributed by atoms with E-state index in [-0.39, 0.29) is 5.38 Å². The molecule has 0 fully saturated rings. The minimum Gasteiger partial charge on any atom is -0.383 e. The number of nitrogens with one attached hydrogen (secondary N) is 1. The maximum Gasteiger partial charge on any atom is 0.142 e. The molecular weight excluding hydrogens is 316 g/mol. The van der Waals surface area contributed by atoms with Gasteiger partial charge in [-0.15, -0.1) is 11.6 Å². The van der Waals surface area contributed by atoms with E-state index in [2.05, 4.69) is 37.9 Å². The average molecular weight is 328 g/mol. The van der Waals surface area contributed by atoms with Crippen molar-refractivity contribution in [2.24, 2.45) is 0 Å². The summed E-state index contributed by atoms with van der Waals surface area (Å²) in [4.78, 5) is 7.97. The van der Waals surface area contributed by atoms with E-state index in [0.29, 0.717) is 13.2 Å². The Labute approximate surface area is 102 Å². The van der Waals surface area contributed by atoms with Crippen molar-refractivity contribution in [2.75, 3.05) is 25.6 Å². The summed E-state index contributed by atoms with van der Waals surface area (Å²) in [5, 5.41) is 3.08. The van der Waals surface area contributed by atoms with Crippen LogP contribution in [0.2, 0.25) is 0 Å². The van der Waals surface area contributed by atoms with Crippen LogP contribution in [0.5, 0.6) is 0 Å². The van der Waals surface area contributed by atoms with Gasteiger partial charge in [0.1, 0.15) is 12.1 Å². The van der Waals surface area contributed by atoms with E-state index < -0.39 is 0 Å². The zero-order chi connectivity index (χ0) is 10.4. The highest BCUT2D eigenvalue weighted by atomic mass is 127. The van der Waals surface area contributed by atoms with Crippen LogP contribution >= 0.6 is 34.2 Å². The maximum atomic E-state index is 5.95. The van der Waals surface area contributed by atoms with E-state index in [0.717, 1.165) is 9.39 Å². The van der Waals surface area contributed by atoms with Gasteiger partial charge in [-0.25, -0.2) is 9.97 Å². The smallest absolute Gasteiger partial charge is 0.142 e. The second-order valence-electron chi connectivity index (χ2n) is 2.65. The molecule has 78 valence electrons. The van der Waals surface area contributed by atoms with Gasteiger partial charge in [-0.05, 0) is 22.6 Å². The van der Waals surface area contributed by atoms with Crippen LogP contribution in [0, 0.1) is 3.57 Å². The van der Waals surface area contributed by atoms with Crippen LogP contribution in [0.3, 0.4) is 0 Å². The molecule has 1 atom stereocenters. The van der Waals surface area contributed by atoms with Crippen LogP contribution in [0.15, 0.2) is 12.5 Å². The molecular formula is C8H11ClIN3O. The van der Waals surface area contributed by atoms with Crippen LogP contribution in [-0.2, 0) is 4.74 Å². The molecule has 0 saturated heterocycles. The second-order valence-corrected chi connectivity index (χ2v) is 4.43. The van der Waals surface area contributed by atoms with Crippen molar-refractivity contribution in [1.29, 1.82) is 0 Å². The molecule has 0 aromatic carbocycles. The van der Waals surface area contributed by atoms with Gasteiger partial charge in [0.2, 0.25) is 0 Å². The summed E-state index contributed by atoms with van der Waals surface area (Å²) in [7, 11) is 1.63. The van der Waals surface area contributed by atoms with Crippen LogP contribution < -0.4 is 5.32 Å². The molecule has 0 spiro atoms. The number of rotatable bonds is 5. The van der Waals surface area contributed by atoms with Crippen molar-refractivity contribution < 1.29 is 4.74 Å². The first kappa shape index (κ1) is 11.9. The average Bonchev–Trinajstić information content (AvgIpc) is 2.17. The number of anilines is 1. The third kappa shape index (κ3) is 3.93. The Hall–Kier alpha value is -0.140. The van der Waals surface area contributed by atoms with Crippen molar-refractivity contribution in [3.05, 3.63) is 16.1 Å². The zero-order valence-electron chi connectivity index (χ0n) is 7.70. The summed E-state index contributed by atoms with van der Waals surface area (Å²) >= 11 is 8.12. The zero-order valence-corrected chi connectivity index (χ0v) is 10.6. The Balaban J connectivity index is 2.41. The van der Waals surface area contributed by atoms with Crippen LogP contribution in [0.4, 0.5) is 5.82 Å².